The summed E-state index contributed by atoms with van der Waals surface area (Å²) < 4.78 is 68.2. The molecule has 3 unspecified atom stereocenters. The number of carbonyl (C=O) groups excluding carboxylic acids is 4. The van der Waals surface area contributed by atoms with Crippen LogP contribution in [0.15, 0.2) is 0 Å². The molecule has 0 amide bonds. The molecule has 0 radical (unpaired) electrons. The van der Waals surface area contributed by atoms with Crippen molar-refractivity contribution in [3.05, 3.63) is 0 Å². The first-order chi connectivity index (χ1) is 42.6. The predicted molar refractivity (Wildman–Crippen MR) is 354 cm³/mol. The zero-order valence-electron chi connectivity index (χ0n) is 56.9. The van der Waals surface area contributed by atoms with Crippen LogP contribution in [-0.4, -0.2) is 96.7 Å². The summed E-state index contributed by atoms with van der Waals surface area (Å²) in [6.07, 6.45) is 48.4. The fourth-order valence-electron chi connectivity index (χ4n) is 10.4. The van der Waals surface area contributed by atoms with Gasteiger partial charge in [-0.3, -0.25) is 37.3 Å². The molecule has 17 nitrogen and oxygen atoms in total. The number of ether oxygens (including phenoxy) is 4. The number of unbranched alkanes of at least 4 members (excludes halogenated alkanes) is 40. The summed E-state index contributed by atoms with van der Waals surface area (Å²) in [7, 11) is -9.90. The highest BCUT2D eigenvalue weighted by Crippen LogP contribution is 2.45. The van der Waals surface area contributed by atoms with Crippen molar-refractivity contribution < 1.29 is 80.2 Å². The van der Waals surface area contributed by atoms with Crippen LogP contribution in [-0.2, 0) is 65.4 Å². The highest BCUT2D eigenvalue weighted by atomic mass is 31.2. The summed E-state index contributed by atoms with van der Waals surface area (Å²) in [5.74, 6) is -1.39. The molecule has 0 bridgehead atoms. The summed E-state index contributed by atoms with van der Waals surface area (Å²) in [4.78, 5) is 72.5. The van der Waals surface area contributed by atoms with E-state index >= 15 is 0 Å². The van der Waals surface area contributed by atoms with E-state index in [1.807, 2.05) is 0 Å². The van der Waals surface area contributed by atoms with Gasteiger partial charge in [0.25, 0.3) is 0 Å². The zero-order valence-corrected chi connectivity index (χ0v) is 58.6. The van der Waals surface area contributed by atoms with Crippen LogP contribution >= 0.6 is 15.6 Å². The van der Waals surface area contributed by atoms with Crippen molar-refractivity contribution in [2.24, 2.45) is 5.92 Å². The van der Waals surface area contributed by atoms with Crippen molar-refractivity contribution in [2.45, 2.75) is 374 Å². The summed E-state index contributed by atoms with van der Waals surface area (Å²) in [5, 5.41) is 10.6. The molecule has 0 heterocycles. The lowest BCUT2D eigenvalue weighted by Crippen LogP contribution is -2.30. The van der Waals surface area contributed by atoms with Crippen molar-refractivity contribution in [1.29, 1.82) is 0 Å². The third-order valence-electron chi connectivity index (χ3n) is 16.4. The number of esters is 4. The SMILES string of the molecule is CCCCCCCCCCCCCCCCCC(=O)O[C@H](COC(=O)CCCCCCCCCCCCCC)COP(=O)(O)OC[C@@H](O)COP(=O)(O)OC[C@@H](COC(=O)CCCCCCCCC(C)CC)OC(=O)CCCCCCCCCCCCC. The molecule has 3 N–H and O–H groups in total. The van der Waals surface area contributed by atoms with Crippen LogP contribution in [0.4, 0.5) is 0 Å². The minimum Gasteiger partial charge on any atom is -0.462 e. The Morgan fingerprint density at radius 3 is 0.807 bits per heavy atom. The van der Waals surface area contributed by atoms with Gasteiger partial charge in [-0.05, 0) is 31.6 Å². The molecular weight excluding hydrogens is 1160 g/mol. The molecule has 0 aromatic heterocycles. The molecule has 0 saturated carbocycles. The number of phosphoric acid groups is 2. The fraction of sp³-hybridized carbons (Fsp3) is 0.942. The standard InChI is InChI=1S/C69H134O17P2/c1-6-10-13-16-19-22-25-27-28-29-32-35-38-45-50-55-69(74)85-64(58-79-66(71)52-47-42-36-33-31-26-23-20-17-14-11-7-2)60-83-87(75,76)81-56-63(70)57-82-88(77,78)84-61-65(59-80-67(72)53-48-43-40-39-41-46-51-62(5)9-4)86-68(73)54-49-44-37-34-30-24-21-18-15-12-8-3/h62-65,70H,6-61H2,1-5H3,(H,75,76)(H,77,78)/t62?,63-,64-,65-/m1/s1. The molecule has 88 heavy (non-hydrogen) atoms. The Kier molecular flexibility index (Phi) is 61.1. The highest BCUT2D eigenvalue weighted by Gasteiger charge is 2.30. The van der Waals surface area contributed by atoms with E-state index in [1.54, 1.807) is 0 Å². The van der Waals surface area contributed by atoms with Crippen LogP contribution in [0.1, 0.15) is 356 Å². The highest BCUT2D eigenvalue weighted by molar-refractivity contribution is 7.47. The Morgan fingerprint density at radius 2 is 0.545 bits per heavy atom. The van der Waals surface area contributed by atoms with Gasteiger partial charge in [-0.2, -0.15) is 0 Å². The van der Waals surface area contributed by atoms with Crippen molar-refractivity contribution in [3.63, 3.8) is 0 Å². The third-order valence-corrected chi connectivity index (χ3v) is 18.3. The topological polar surface area (TPSA) is 237 Å². The second-order valence-electron chi connectivity index (χ2n) is 25.2. The molecule has 0 aliphatic heterocycles. The quantitative estimate of drug-likeness (QED) is 0.0222. The Morgan fingerprint density at radius 1 is 0.318 bits per heavy atom. The first kappa shape index (κ1) is 86.1. The van der Waals surface area contributed by atoms with E-state index in [2.05, 4.69) is 34.6 Å². The van der Waals surface area contributed by atoms with Crippen LogP contribution in [0.5, 0.6) is 0 Å². The Bertz CT molecular complexity index is 1710. The molecule has 0 rings (SSSR count). The number of rotatable bonds is 69. The molecule has 19 heteroatoms. The van der Waals surface area contributed by atoms with Gasteiger partial charge in [0.05, 0.1) is 26.4 Å². The third kappa shape index (κ3) is 61.6. The predicted octanol–water partition coefficient (Wildman–Crippen LogP) is 19.7. The average molecular weight is 1300 g/mol. The maximum absolute atomic E-state index is 13.0. The summed E-state index contributed by atoms with van der Waals surface area (Å²) in [6, 6.07) is 0. The molecule has 0 aromatic carbocycles. The van der Waals surface area contributed by atoms with Gasteiger partial charge >= 0.3 is 39.5 Å². The number of hydrogen-bond acceptors (Lipinski definition) is 15. The van der Waals surface area contributed by atoms with Gasteiger partial charge in [0.2, 0.25) is 0 Å². The van der Waals surface area contributed by atoms with Crippen LogP contribution < -0.4 is 0 Å². The lowest BCUT2D eigenvalue weighted by atomic mass is 10.00. The van der Waals surface area contributed by atoms with Gasteiger partial charge in [0, 0.05) is 25.7 Å². The van der Waals surface area contributed by atoms with Crippen molar-refractivity contribution in [3.8, 4) is 0 Å². The molecule has 0 aromatic rings. The Balaban J connectivity index is 5.25. The number of aliphatic hydroxyl groups excluding tert-OH is 1. The molecule has 0 spiro atoms. The maximum atomic E-state index is 13.0. The van der Waals surface area contributed by atoms with Crippen LogP contribution in [0.2, 0.25) is 0 Å². The molecular formula is C69H134O17P2. The van der Waals surface area contributed by atoms with E-state index in [0.29, 0.717) is 25.7 Å². The van der Waals surface area contributed by atoms with E-state index < -0.39 is 97.5 Å². The Hall–Kier alpha value is -1.94. The normalized spacial score (nSPS) is 14.4. The van der Waals surface area contributed by atoms with Crippen molar-refractivity contribution in [1.82, 2.24) is 0 Å². The minimum atomic E-state index is -4.95. The molecule has 0 saturated heterocycles. The van der Waals surface area contributed by atoms with E-state index in [4.69, 9.17) is 37.0 Å². The number of aliphatic hydroxyl groups is 1. The number of carbonyl (C=O) groups is 4. The van der Waals surface area contributed by atoms with Gasteiger partial charge < -0.3 is 33.8 Å². The van der Waals surface area contributed by atoms with Gasteiger partial charge in [0.15, 0.2) is 12.2 Å². The summed E-state index contributed by atoms with van der Waals surface area (Å²) in [6.45, 7) is 7.20. The smallest absolute Gasteiger partial charge is 0.462 e. The Labute approximate surface area is 537 Å². The van der Waals surface area contributed by atoms with E-state index in [0.717, 1.165) is 102 Å². The van der Waals surface area contributed by atoms with E-state index in [-0.39, 0.29) is 25.7 Å². The lowest BCUT2D eigenvalue weighted by Gasteiger charge is -2.21. The van der Waals surface area contributed by atoms with E-state index in [9.17, 15) is 43.2 Å². The zero-order chi connectivity index (χ0) is 64.9. The fourth-order valence-corrected chi connectivity index (χ4v) is 12.0. The first-order valence-electron chi connectivity index (χ1n) is 36.2. The van der Waals surface area contributed by atoms with Gasteiger partial charge in [-0.1, -0.05) is 304 Å². The molecule has 6 atom stereocenters. The summed E-state index contributed by atoms with van der Waals surface area (Å²) in [5.41, 5.74) is 0. The largest absolute Gasteiger partial charge is 0.472 e. The van der Waals surface area contributed by atoms with Gasteiger partial charge in [-0.15, -0.1) is 0 Å². The minimum absolute atomic E-state index is 0.106. The van der Waals surface area contributed by atoms with Gasteiger partial charge in [0.1, 0.15) is 19.3 Å². The monoisotopic (exact) mass is 1300 g/mol. The van der Waals surface area contributed by atoms with Crippen LogP contribution in [0.25, 0.3) is 0 Å². The molecule has 0 aliphatic carbocycles. The second kappa shape index (κ2) is 62.5. The molecule has 522 valence electrons. The number of hydrogen-bond donors (Lipinski definition) is 3. The van der Waals surface area contributed by atoms with Crippen molar-refractivity contribution in [2.75, 3.05) is 39.6 Å². The van der Waals surface area contributed by atoms with E-state index in [1.165, 1.54) is 173 Å². The first-order valence-corrected chi connectivity index (χ1v) is 39.2. The van der Waals surface area contributed by atoms with Gasteiger partial charge in [-0.25, -0.2) is 9.13 Å². The second-order valence-corrected chi connectivity index (χ2v) is 28.1. The van der Waals surface area contributed by atoms with Crippen molar-refractivity contribution >= 4 is 39.5 Å². The molecule has 0 fully saturated rings. The maximum Gasteiger partial charge on any atom is 0.472 e. The molecule has 0 aliphatic rings. The van der Waals surface area contributed by atoms with Crippen LogP contribution in [0.3, 0.4) is 0 Å². The number of phosphoric ester groups is 2. The lowest BCUT2D eigenvalue weighted by molar-refractivity contribution is -0.161. The summed E-state index contributed by atoms with van der Waals surface area (Å²) >= 11 is 0. The average Bonchev–Trinajstić information content (AvgIpc) is 3.48. The van der Waals surface area contributed by atoms with Crippen LogP contribution in [0, 0.1) is 5.92 Å².